The van der Waals surface area contributed by atoms with Gasteiger partial charge in [0.05, 0.1) is 12.1 Å². The molecule has 2 aliphatic heterocycles. The van der Waals surface area contributed by atoms with Crippen LogP contribution in [0.1, 0.15) is 57.3 Å². The molecule has 0 aliphatic carbocycles. The lowest BCUT2D eigenvalue weighted by molar-refractivity contribution is 0.00695. The number of carbonyl (C=O) groups is 1. The first-order valence-corrected chi connectivity index (χ1v) is 12.0. The SMILES string of the molecule is [C-]#[N+]c1ccc(N2CCC3(CCN(c4ccc(C(=O)OC(C)(C)C)cc4)CC3)[C@@H]2C)cc1Cl. The number of carbonyl (C=O) groups excluding carboxylic acids is 1. The molecule has 1 atom stereocenters. The van der Waals surface area contributed by atoms with Crippen LogP contribution in [0.25, 0.3) is 4.85 Å². The zero-order chi connectivity index (χ0) is 23.8. The second-order valence-electron chi connectivity index (χ2n) is 10.3. The monoisotopic (exact) mass is 465 g/mol. The van der Waals surface area contributed by atoms with Gasteiger partial charge in [0, 0.05) is 42.1 Å². The summed E-state index contributed by atoms with van der Waals surface area (Å²) in [4.78, 5) is 20.6. The standard InChI is InChI=1S/C27H32ClN3O2/c1-19-27(14-17-31(19)22-10-11-24(29-5)23(28)18-22)12-15-30(16-13-27)21-8-6-20(7-9-21)25(32)33-26(2,3)4/h6-11,18-19H,12-17H2,1-4H3/t19-/m0/s1. The number of hydrogen-bond donors (Lipinski definition) is 0. The van der Waals surface area contributed by atoms with Crippen LogP contribution in [-0.4, -0.2) is 37.2 Å². The zero-order valence-corrected chi connectivity index (χ0v) is 20.7. The van der Waals surface area contributed by atoms with E-state index in [9.17, 15) is 4.79 Å². The normalized spacial score (nSPS) is 20.1. The number of benzene rings is 2. The van der Waals surface area contributed by atoms with Crippen molar-refractivity contribution in [1.82, 2.24) is 0 Å². The summed E-state index contributed by atoms with van der Waals surface area (Å²) in [5.74, 6) is -0.281. The van der Waals surface area contributed by atoms with Crippen LogP contribution in [0.3, 0.4) is 0 Å². The number of nitrogens with zero attached hydrogens (tertiary/aromatic N) is 3. The molecule has 0 amide bonds. The van der Waals surface area contributed by atoms with E-state index in [1.807, 2.05) is 63.2 Å². The summed E-state index contributed by atoms with van der Waals surface area (Å²) >= 11 is 6.31. The first-order valence-electron chi connectivity index (χ1n) is 11.6. The summed E-state index contributed by atoms with van der Waals surface area (Å²) in [5, 5.41) is 0.528. The maximum Gasteiger partial charge on any atom is 0.338 e. The summed E-state index contributed by atoms with van der Waals surface area (Å²) in [5.41, 5.74) is 3.15. The predicted molar refractivity (Wildman–Crippen MR) is 135 cm³/mol. The molecule has 0 N–H and O–H groups in total. The molecule has 2 aliphatic rings. The molecular weight excluding hydrogens is 434 g/mol. The van der Waals surface area contributed by atoms with E-state index in [0.29, 0.717) is 22.3 Å². The lowest BCUT2D eigenvalue weighted by Gasteiger charge is -2.44. The van der Waals surface area contributed by atoms with Gasteiger partial charge in [0.15, 0.2) is 0 Å². The fourth-order valence-electron chi connectivity index (χ4n) is 5.22. The Bertz CT molecular complexity index is 1060. The van der Waals surface area contributed by atoms with Gasteiger partial charge in [0.2, 0.25) is 5.69 Å². The summed E-state index contributed by atoms with van der Waals surface area (Å²) in [6.45, 7) is 18.2. The van der Waals surface area contributed by atoms with Crippen molar-refractivity contribution in [2.45, 2.75) is 58.6 Å². The Morgan fingerprint density at radius 1 is 1.06 bits per heavy atom. The van der Waals surface area contributed by atoms with Crippen molar-refractivity contribution in [3.63, 3.8) is 0 Å². The van der Waals surface area contributed by atoms with Crippen molar-refractivity contribution in [3.05, 3.63) is 64.5 Å². The molecule has 2 heterocycles. The lowest BCUT2D eigenvalue weighted by Crippen LogP contribution is -2.46. The Balaban J connectivity index is 1.40. The van der Waals surface area contributed by atoms with Crippen molar-refractivity contribution in [3.8, 4) is 0 Å². The third-order valence-corrected chi connectivity index (χ3v) is 7.52. The van der Waals surface area contributed by atoms with Gasteiger partial charge in [-0.05, 0) is 88.8 Å². The smallest absolute Gasteiger partial charge is 0.338 e. The van der Waals surface area contributed by atoms with E-state index >= 15 is 0 Å². The van der Waals surface area contributed by atoms with Gasteiger partial charge in [0.25, 0.3) is 0 Å². The Morgan fingerprint density at radius 2 is 1.67 bits per heavy atom. The molecular formula is C27H32ClN3O2. The minimum absolute atomic E-state index is 0.281. The minimum Gasteiger partial charge on any atom is -0.456 e. The van der Waals surface area contributed by atoms with Crippen molar-refractivity contribution in [2.75, 3.05) is 29.4 Å². The molecule has 2 fully saturated rings. The van der Waals surface area contributed by atoms with Crippen molar-refractivity contribution in [2.24, 2.45) is 5.41 Å². The zero-order valence-electron chi connectivity index (χ0n) is 19.9. The van der Waals surface area contributed by atoms with Crippen LogP contribution >= 0.6 is 11.6 Å². The molecule has 0 saturated carbocycles. The van der Waals surface area contributed by atoms with E-state index in [2.05, 4.69) is 21.6 Å². The molecule has 0 radical (unpaired) electrons. The van der Waals surface area contributed by atoms with Gasteiger partial charge < -0.3 is 14.5 Å². The second-order valence-corrected chi connectivity index (χ2v) is 10.7. The van der Waals surface area contributed by atoms with E-state index in [-0.39, 0.29) is 11.4 Å². The highest BCUT2D eigenvalue weighted by Crippen LogP contribution is 2.48. The van der Waals surface area contributed by atoms with Crippen LogP contribution in [-0.2, 0) is 4.74 Å². The average Bonchev–Trinajstić information content (AvgIpc) is 3.09. The fraction of sp³-hybridized carbons (Fsp3) is 0.481. The predicted octanol–water partition coefficient (Wildman–Crippen LogP) is 6.73. The van der Waals surface area contributed by atoms with Crippen LogP contribution in [0.15, 0.2) is 42.5 Å². The van der Waals surface area contributed by atoms with Gasteiger partial charge in [-0.25, -0.2) is 9.64 Å². The van der Waals surface area contributed by atoms with Crippen LogP contribution in [0.2, 0.25) is 5.02 Å². The summed E-state index contributed by atoms with van der Waals surface area (Å²) in [7, 11) is 0. The molecule has 2 aromatic rings. The maximum atomic E-state index is 12.3. The molecule has 0 bridgehead atoms. The van der Waals surface area contributed by atoms with Gasteiger partial charge in [-0.2, -0.15) is 0 Å². The molecule has 4 rings (SSSR count). The highest BCUT2D eigenvalue weighted by Gasteiger charge is 2.46. The highest BCUT2D eigenvalue weighted by molar-refractivity contribution is 6.33. The first kappa shape index (κ1) is 23.4. The summed E-state index contributed by atoms with van der Waals surface area (Å²) in [6, 6.07) is 14.0. The Hall–Kier alpha value is -2.71. The van der Waals surface area contributed by atoms with E-state index in [0.717, 1.165) is 43.9 Å². The number of rotatable bonds is 3. The number of hydrogen-bond acceptors (Lipinski definition) is 4. The number of ether oxygens (including phenoxy) is 1. The molecule has 33 heavy (non-hydrogen) atoms. The third-order valence-electron chi connectivity index (χ3n) is 7.21. The molecule has 2 saturated heterocycles. The third kappa shape index (κ3) is 4.82. The maximum absolute atomic E-state index is 12.3. The molecule has 174 valence electrons. The molecule has 6 heteroatoms. The van der Waals surface area contributed by atoms with Gasteiger partial charge in [-0.3, -0.25) is 0 Å². The van der Waals surface area contributed by atoms with Gasteiger partial charge in [0.1, 0.15) is 5.60 Å². The molecule has 1 spiro atoms. The summed E-state index contributed by atoms with van der Waals surface area (Å²) < 4.78 is 5.47. The second kappa shape index (κ2) is 8.91. The Kier molecular flexibility index (Phi) is 6.33. The Morgan fingerprint density at radius 3 is 2.24 bits per heavy atom. The molecule has 2 aromatic carbocycles. The molecule has 0 unspecified atom stereocenters. The first-order chi connectivity index (χ1) is 15.6. The number of anilines is 2. The van der Waals surface area contributed by atoms with Crippen molar-refractivity contribution in [1.29, 1.82) is 0 Å². The largest absolute Gasteiger partial charge is 0.456 e. The summed E-state index contributed by atoms with van der Waals surface area (Å²) in [6.07, 6.45) is 3.43. The van der Waals surface area contributed by atoms with Crippen LogP contribution in [0.5, 0.6) is 0 Å². The van der Waals surface area contributed by atoms with Crippen molar-refractivity contribution < 1.29 is 9.53 Å². The highest BCUT2D eigenvalue weighted by atomic mass is 35.5. The molecule has 5 nitrogen and oxygen atoms in total. The number of halogens is 1. The number of esters is 1. The van der Waals surface area contributed by atoms with Crippen LogP contribution < -0.4 is 9.80 Å². The molecule has 0 aromatic heterocycles. The quantitative estimate of drug-likeness (QED) is 0.372. The minimum atomic E-state index is -0.493. The lowest BCUT2D eigenvalue weighted by atomic mass is 9.73. The average molecular weight is 466 g/mol. The van der Waals surface area contributed by atoms with E-state index in [1.54, 1.807) is 0 Å². The fourth-order valence-corrected chi connectivity index (χ4v) is 5.43. The van der Waals surface area contributed by atoms with E-state index < -0.39 is 5.60 Å². The van der Waals surface area contributed by atoms with E-state index in [4.69, 9.17) is 22.9 Å². The van der Waals surface area contributed by atoms with Gasteiger partial charge in [-0.15, -0.1) is 0 Å². The van der Waals surface area contributed by atoms with E-state index in [1.165, 1.54) is 6.42 Å². The Labute approximate surface area is 202 Å². The number of piperidine rings is 1. The van der Waals surface area contributed by atoms with Gasteiger partial charge >= 0.3 is 5.97 Å². The van der Waals surface area contributed by atoms with Crippen molar-refractivity contribution >= 4 is 34.6 Å². The van der Waals surface area contributed by atoms with Crippen LogP contribution in [0, 0.1) is 12.0 Å². The topological polar surface area (TPSA) is 37.1 Å². The van der Waals surface area contributed by atoms with Gasteiger partial charge in [-0.1, -0.05) is 17.7 Å². The van der Waals surface area contributed by atoms with Crippen LogP contribution in [0.4, 0.5) is 17.1 Å².